The van der Waals surface area contributed by atoms with Crippen LogP contribution in [0.25, 0.3) is 10.9 Å². The summed E-state index contributed by atoms with van der Waals surface area (Å²) in [6.07, 6.45) is -3.58. The van der Waals surface area contributed by atoms with Crippen LogP contribution in [0.3, 0.4) is 0 Å². The highest BCUT2D eigenvalue weighted by molar-refractivity contribution is 5.90. The fourth-order valence-corrected chi connectivity index (χ4v) is 7.54. The number of aromatic amines is 1. The summed E-state index contributed by atoms with van der Waals surface area (Å²) in [7, 11) is 1.70. The lowest BCUT2D eigenvalue weighted by molar-refractivity contribution is -0.278. The predicted octanol–water partition coefficient (Wildman–Crippen LogP) is 2.59. The van der Waals surface area contributed by atoms with Gasteiger partial charge in [0.25, 0.3) is 0 Å². The molecular weight excluding hydrogens is 584 g/mol. The Balaban J connectivity index is 1.28. The molecule has 3 aromatic rings. The molecule has 3 aliphatic heterocycles. The zero-order valence-corrected chi connectivity index (χ0v) is 25.5. The molecule has 0 aliphatic carbocycles. The molecule has 1 aromatic heterocycles. The minimum atomic E-state index is -1.88. The van der Waals surface area contributed by atoms with Gasteiger partial charge in [-0.3, -0.25) is 4.90 Å². The van der Waals surface area contributed by atoms with Gasteiger partial charge in [-0.2, -0.15) is 0 Å². The first kappa shape index (κ1) is 31.5. The van der Waals surface area contributed by atoms with E-state index < -0.39 is 42.6 Å². The van der Waals surface area contributed by atoms with Crippen LogP contribution in [-0.2, 0) is 31.1 Å². The van der Waals surface area contributed by atoms with Crippen molar-refractivity contribution >= 4 is 22.8 Å². The number of carboxylic acid groups (broad SMARTS) is 1. The second-order valence-electron chi connectivity index (χ2n) is 12.2. The van der Waals surface area contributed by atoms with E-state index in [1.54, 1.807) is 19.2 Å². The zero-order chi connectivity index (χ0) is 32.0. The summed E-state index contributed by atoms with van der Waals surface area (Å²) in [6, 6.07) is 11.5. The largest absolute Gasteiger partial charge is 0.496 e. The second kappa shape index (κ2) is 12.3. The number of hydrogen-bond donors (Lipinski definition) is 5. The van der Waals surface area contributed by atoms with Crippen LogP contribution in [0, 0.1) is 6.92 Å². The standard InChI is InChI=1S/C33H40N2O10/c1-4-43-21-14-20-9-11-33(15-21,35(20)16-23-22-10-12-34-25(22)17(2)13-24(23)42-3)19-7-5-18(6-8-19)31(41)45-32-28(38)26(36)27(37)29(44-32)30(39)40/h5-8,10,12-13,20-21,26-29,32,34,36-38H,4,9,11,14-16H2,1-3H3,(H,39,40)/t20-,21+,26+,27+,28-,29+,32-,33+/m1/s1. The highest BCUT2D eigenvalue weighted by Gasteiger charge is 2.53. The number of fused-ring (bicyclic) bond motifs is 3. The third-order valence-corrected chi connectivity index (χ3v) is 9.74. The number of carbonyl (C=O) groups is 2. The molecule has 0 unspecified atom stereocenters. The van der Waals surface area contributed by atoms with Crippen LogP contribution in [0.5, 0.6) is 5.75 Å². The average molecular weight is 625 g/mol. The summed E-state index contributed by atoms with van der Waals surface area (Å²) < 4.78 is 22.4. The Hall–Kier alpha value is -3.52. The van der Waals surface area contributed by atoms with E-state index in [4.69, 9.17) is 18.9 Å². The molecule has 3 fully saturated rings. The van der Waals surface area contributed by atoms with Crippen LogP contribution in [0.15, 0.2) is 42.6 Å². The molecule has 12 heteroatoms. The van der Waals surface area contributed by atoms with Gasteiger partial charge in [0.1, 0.15) is 24.1 Å². The molecular formula is C33H40N2O10. The van der Waals surface area contributed by atoms with Crippen LogP contribution in [0.4, 0.5) is 0 Å². The maximum absolute atomic E-state index is 13.1. The Morgan fingerprint density at radius 1 is 1.11 bits per heavy atom. The molecule has 12 nitrogen and oxygen atoms in total. The Morgan fingerprint density at radius 3 is 2.56 bits per heavy atom. The summed E-state index contributed by atoms with van der Waals surface area (Å²) in [5, 5.41) is 40.7. The third-order valence-electron chi connectivity index (χ3n) is 9.74. The molecule has 3 aliphatic rings. The zero-order valence-electron chi connectivity index (χ0n) is 25.5. The Labute approximate surface area is 260 Å². The summed E-state index contributed by atoms with van der Waals surface area (Å²) in [6.45, 7) is 5.36. The molecule has 0 amide bonds. The maximum atomic E-state index is 13.1. The Kier molecular flexibility index (Phi) is 8.63. The molecule has 45 heavy (non-hydrogen) atoms. The van der Waals surface area contributed by atoms with E-state index in [9.17, 15) is 30.0 Å². The normalized spacial score (nSPS) is 31.6. The number of aliphatic hydroxyl groups is 3. The molecule has 0 saturated carbocycles. The van der Waals surface area contributed by atoms with Gasteiger partial charge in [0.2, 0.25) is 6.29 Å². The van der Waals surface area contributed by atoms with Crippen molar-refractivity contribution in [3.8, 4) is 5.75 Å². The number of nitrogens with zero attached hydrogens (tertiary/aromatic N) is 1. The van der Waals surface area contributed by atoms with E-state index in [0.29, 0.717) is 13.2 Å². The second-order valence-corrected chi connectivity index (χ2v) is 12.2. The first-order valence-corrected chi connectivity index (χ1v) is 15.3. The number of aryl methyl sites for hydroxylation is 1. The van der Waals surface area contributed by atoms with E-state index in [2.05, 4.69) is 28.9 Å². The number of H-pyrrole nitrogens is 1. The lowest BCUT2D eigenvalue weighted by Crippen LogP contribution is -2.60. The summed E-state index contributed by atoms with van der Waals surface area (Å²) >= 11 is 0. The molecule has 242 valence electrons. The fourth-order valence-electron chi connectivity index (χ4n) is 7.54. The minimum absolute atomic E-state index is 0.0875. The topological polar surface area (TPSA) is 171 Å². The van der Waals surface area contributed by atoms with Crippen molar-refractivity contribution in [1.29, 1.82) is 0 Å². The number of aliphatic hydroxyl groups excluding tert-OH is 3. The van der Waals surface area contributed by atoms with E-state index in [1.807, 2.05) is 25.3 Å². The number of esters is 1. The molecule has 0 spiro atoms. The molecule has 6 rings (SSSR count). The highest BCUT2D eigenvalue weighted by atomic mass is 16.7. The van der Waals surface area contributed by atoms with Gasteiger partial charge in [-0.15, -0.1) is 0 Å². The molecule has 4 heterocycles. The van der Waals surface area contributed by atoms with Crippen molar-refractivity contribution in [3.63, 3.8) is 0 Å². The summed E-state index contributed by atoms with van der Waals surface area (Å²) in [5.74, 6) is -1.59. The summed E-state index contributed by atoms with van der Waals surface area (Å²) in [4.78, 5) is 30.4. The first-order chi connectivity index (χ1) is 21.6. The summed E-state index contributed by atoms with van der Waals surface area (Å²) in [5.41, 5.74) is 4.14. The van der Waals surface area contributed by atoms with Crippen molar-refractivity contribution in [1.82, 2.24) is 9.88 Å². The van der Waals surface area contributed by atoms with E-state index in [1.165, 1.54) is 0 Å². The molecule has 0 radical (unpaired) electrons. The number of carbonyl (C=O) groups excluding carboxylic acids is 1. The fraction of sp³-hybridized carbons (Fsp3) is 0.515. The lowest BCUT2D eigenvalue weighted by atomic mass is 9.79. The van der Waals surface area contributed by atoms with Crippen molar-refractivity contribution in [2.24, 2.45) is 0 Å². The maximum Gasteiger partial charge on any atom is 0.340 e. The highest BCUT2D eigenvalue weighted by Crippen LogP contribution is 2.53. The average Bonchev–Trinajstić information content (AvgIpc) is 3.60. The number of ether oxygens (including phenoxy) is 4. The molecule has 8 atom stereocenters. The Bertz CT molecular complexity index is 1560. The van der Waals surface area contributed by atoms with Gasteiger partial charge in [0, 0.05) is 47.4 Å². The van der Waals surface area contributed by atoms with Crippen molar-refractivity contribution in [3.05, 3.63) is 64.8 Å². The molecule has 5 N–H and O–H groups in total. The number of aliphatic carboxylic acids is 1. The van der Waals surface area contributed by atoms with E-state index in [-0.39, 0.29) is 23.2 Å². The molecule has 2 aromatic carbocycles. The van der Waals surface area contributed by atoms with Crippen molar-refractivity contribution in [2.75, 3.05) is 13.7 Å². The van der Waals surface area contributed by atoms with Crippen LogP contribution in [0.2, 0.25) is 0 Å². The quantitative estimate of drug-likeness (QED) is 0.222. The molecule has 2 bridgehead atoms. The van der Waals surface area contributed by atoms with Gasteiger partial charge >= 0.3 is 11.9 Å². The number of carboxylic acids is 1. The van der Waals surface area contributed by atoms with Crippen LogP contribution >= 0.6 is 0 Å². The van der Waals surface area contributed by atoms with Gasteiger partial charge in [-0.05, 0) is 74.9 Å². The van der Waals surface area contributed by atoms with Gasteiger partial charge in [-0.1, -0.05) is 12.1 Å². The smallest absolute Gasteiger partial charge is 0.340 e. The van der Waals surface area contributed by atoms with Gasteiger partial charge < -0.3 is 44.4 Å². The SMILES string of the molecule is CCO[C@H]1C[C@H]2CC[C@@](c3ccc(C(=O)O[C@H]4O[C@H](C(=O)O)[C@@H](O)[C@H](O)[C@H]4O)cc3)(C1)N2Cc1c(OC)cc(C)c2[nH]ccc12. The van der Waals surface area contributed by atoms with Gasteiger partial charge in [0.05, 0.1) is 18.8 Å². The van der Waals surface area contributed by atoms with E-state index >= 15 is 0 Å². The number of hydrogen-bond acceptors (Lipinski definition) is 10. The number of methoxy groups -OCH3 is 1. The van der Waals surface area contributed by atoms with Crippen molar-refractivity contribution in [2.45, 2.75) is 94.5 Å². The predicted molar refractivity (Wildman–Crippen MR) is 161 cm³/mol. The van der Waals surface area contributed by atoms with Gasteiger partial charge in [0.15, 0.2) is 6.10 Å². The molecule has 3 saturated heterocycles. The van der Waals surface area contributed by atoms with E-state index in [0.717, 1.165) is 59.0 Å². The van der Waals surface area contributed by atoms with Crippen molar-refractivity contribution < 1.29 is 49.0 Å². The number of piperidine rings is 1. The number of benzene rings is 2. The lowest BCUT2D eigenvalue weighted by Gasteiger charge is -2.48. The van der Waals surface area contributed by atoms with Crippen LogP contribution < -0.4 is 4.74 Å². The number of nitrogens with one attached hydrogen (secondary N) is 1. The Morgan fingerprint density at radius 2 is 1.87 bits per heavy atom. The minimum Gasteiger partial charge on any atom is -0.496 e. The monoisotopic (exact) mass is 624 g/mol. The van der Waals surface area contributed by atoms with Gasteiger partial charge in [-0.25, -0.2) is 9.59 Å². The number of aromatic nitrogens is 1. The first-order valence-electron chi connectivity index (χ1n) is 15.3. The number of rotatable bonds is 9. The van der Waals surface area contributed by atoms with Crippen LogP contribution in [-0.4, -0.2) is 98.8 Å². The van der Waals surface area contributed by atoms with Crippen LogP contribution in [0.1, 0.15) is 59.7 Å². The third kappa shape index (κ3) is 5.49.